The second-order valence-electron chi connectivity index (χ2n) is 4.68. The van der Waals surface area contributed by atoms with Gasteiger partial charge in [0.05, 0.1) is 5.69 Å². The number of benzene rings is 1. The fraction of sp³-hybridized carbons (Fsp3) is 0.462. The van der Waals surface area contributed by atoms with Gasteiger partial charge in [0.15, 0.2) is 6.61 Å². The molecule has 1 aromatic rings. The highest BCUT2D eigenvalue weighted by atomic mass is 16.5. The summed E-state index contributed by atoms with van der Waals surface area (Å²) in [7, 11) is 0. The van der Waals surface area contributed by atoms with Crippen LogP contribution in [0.15, 0.2) is 18.2 Å². The molecule has 1 aliphatic rings. The molecule has 1 atom stereocenters. The SMILES string of the molecule is CC(C)C(CN)c1ccc2c(c1)NC(=O)CO2. The monoisotopic (exact) mass is 234 g/mol. The van der Waals surface area contributed by atoms with Gasteiger partial charge in [-0.3, -0.25) is 4.79 Å². The Morgan fingerprint density at radius 3 is 2.88 bits per heavy atom. The van der Waals surface area contributed by atoms with E-state index in [1.807, 2.05) is 18.2 Å². The fourth-order valence-electron chi connectivity index (χ4n) is 2.12. The molecular formula is C13H18N2O2. The van der Waals surface area contributed by atoms with Crippen LogP contribution in [0.3, 0.4) is 0 Å². The van der Waals surface area contributed by atoms with E-state index in [0.29, 0.717) is 18.4 Å². The largest absolute Gasteiger partial charge is 0.482 e. The van der Waals surface area contributed by atoms with Crippen molar-refractivity contribution < 1.29 is 9.53 Å². The van der Waals surface area contributed by atoms with Crippen molar-refractivity contribution in [2.24, 2.45) is 11.7 Å². The zero-order valence-corrected chi connectivity index (χ0v) is 10.2. The average molecular weight is 234 g/mol. The van der Waals surface area contributed by atoms with Crippen molar-refractivity contribution in [3.05, 3.63) is 23.8 Å². The number of nitrogens with two attached hydrogens (primary N) is 1. The Labute approximate surface area is 101 Å². The number of amides is 1. The third kappa shape index (κ3) is 2.42. The minimum absolute atomic E-state index is 0.0941. The van der Waals surface area contributed by atoms with Crippen LogP contribution in [0, 0.1) is 5.92 Å². The minimum atomic E-state index is -0.108. The Morgan fingerprint density at radius 2 is 2.24 bits per heavy atom. The molecule has 17 heavy (non-hydrogen) atoms. The van der Waals surface area contributed by atoms with E-state index in [4.69, 9.17) is 10.5 Å². The summed E-state index contributed by atoms with van der Waals surface area (Å²) in [5.74, 6) is 1.40. The molecule has 0 aromatic heterocycles. The molecule has 0 bridgehead atoms. The molecule has 3 N–H and O–H groups in total. The Balaban J connectivity index is 2.32. The molecule has 0 radical (unpaired) electrons. The topological polar surface area (TPSA) is 64.3 Å². The number of hydrogen-bond acceptors (Lipinski definition) is 3. The Bertz CT molecular complexity index is 429. The van der Waals surface area contributed by atoms with E-state index in [2.05, 4.69) is 19.2 Å². The number of anilines is 1. The summed E-state index contributed by atoms with van der Waals surface area (Å²) in [6.45, 7) is 4.99. The minimum Gasteiger partial charge on any atom is -0.482 e. The maximum absolute atomic E-state index is 11.2. The Morgan fingerprint density at radius 1 is 1.47 bits per heavy atom. The van der Waals surface area contributed by atoms with Crippen LogP contribution < -0.4 is 15.8 Å². The Kier molecular flexibility index (Phi) is 3.33. The molecule has 1 aliphatic heterocycles. The number of hydrogen-bond donors (Lipinski definition) is 2. The molecule has 0 aliphatic carbocycles. The first-order valence-electron chi connectivity index (χ1n) is 5.88. The van der Waals surface area contributed by atoms with Crippen LogP contribution in [0.4, 0.5) is 5.69 Å². The summed E-state index contributed by atoms with van der Waals surface area (Å²) in [5, 5.41) is 2.81. The van der Waals surface area contributed by atoms with E-state index in [1.165, 1.54) is 0 Å². The summed E-state index contributed by atoms with van der Waals surface area (Å²) in [6, 6.07) is 5.88. The molecular weight excluding hydrogens is 216 g/mol. The smallest absolute Gasteiger partial charge is 0.262 e. The van der Waals surface area contributed by atoms with Crippen LogP contribution in [-0.4, -0.2) is 19.1 Å². The van der Waals surface area contributed by atoms with Crippen LogP contribution >= 0.6 is 0 Å². The van der Waals surface area contributed by atoms with Crippen molar-refractivity contribution in [3.8, 4) is 5.75 Å². The lowest BCUT2D eigenvalue weighted by Gasteiger charge is -2.23. The van der Waals surface area contributed by atoms with Gasteiger partial charge in [-0.25, -0.2) is 0 Å². The van der Waals surface area contributed by atoms with Gasteiger partial charge in [0.2, 0.25) is 0 Å². The second-order valence-corrected chi connectivity index (χ2v) is 4.68. The molecule has 92 valence electrons. The Hall–Kier alpha value is -1.55. The normalized spacial score (nSPS) is 16.1. The first-order valence-corrected chi connectivity index (χ1v) is 5.88. The van der Waals surface area contributed by atoms with Gasteiger partial charge in [0, 0.05) is 0 Å². The number of fused-ring (bicyclic) bond motifs is 1. The fourth-order valence-corrected chi connectivity index (χ4v) is 2.12. The third-order valence-corrected chi connectivity index (χ3v) is 3.12. The first kappa shape index (κ1) is 11.9. The molecule has 1 amide bonds. The van der Waals surface area contributed by atoms with Crippen molar-refractivity contribution >= 4 is 11.6 Å². The van der Waals surface area contributed by atoms with Gasteiger partial charge >= 0.3 is 0 Å². The van der Waals surface area contributed by atoms with Gasteiger partial charge in [-0.2, -0.15) is 0 Å². The zero-order valence-electron chi connectivity index (χ0n) is 10.2. The van der Waals surface area contributed by atoms with E-state index in [-0.39, 0.29) is 12.5 Å². The van der Waals surface area contributed by atoms with Gasteiger partial charge in [0.25, 0.3) is 5.91 Å². The standard InChI is InChI=1S/C13H18N2O2/c1-8(2)10(6-14)9-3-4-12-11(5-9)15-13(16)7-17-12/h3-5,8,10H,6-7,14H2,1-2H3,(H,15,16). The summed E-state index contributed by atoms with van der Waals surface area (Å²) in [4.78, 5) is 11.2. The van der Waals surface area contributed by atoms with Crippen molar-refractivity contribution in [1.29, 1.82) is 0 Å². The van der Waals surface area contributed by atoms with Gasteiger partial charge < -0.3 is 15.8 Å². The van der Waals surface area contributed by atoms with Gasteiger partial charge in [-0.1, -0.05) is 19.9 Å². The number of rotatable bonds is 3. The predicted octanol–water partition coefficient (Wildman–Crippen LogP) is 1.72. The van der Waals surface area contributed by atoms with Crippen molar-refractivity contribution in [1.82, 2.24) is 0 Å². The van der Waals surface area contributed by atoms with E-state index < -0.39 is 0 Å². The lowest BCUT2D eigenvalue weighted by molar-refractivity contribution is -0.118. The highest BCUT2D eigenvalue weighted by molar-refractivity contribution is 5.95. The average Bonchev–Trinajstić information content (AvgIpc) is 2.29. The molecule has 1 aromatic carbocycles. The van der Waals surface area contributed by atoms with Crippen LogP contribution in [0.25, 0.3) is 0 Å². The van der Waals surface area contributed by atoms with Crippen molar-refractivity contribution in [2.75, 3.05) is 18.5 Å². The van der Waals surface area contributed by atoms with Crippen LogP contribution in [0.5, 0.6) is 5.75 Å². The number of carbonyl (C=O) groups is 1. The first-order chi connectivity index (χ1) is 8.11. The predicted molar refractivity (Wildman–Crippen MR) is 67.2 cm³/mol. The lowest BCUT2D eigenvalue weighted by atomic mass is 9.88. The molecule has 1 unspecified atom stereocenters. The van der Waals surface area contributed by atoms with Crippen LogP contribution in [0.1, 0.15) is 25.3 Å². The van der Waals surface area contributed by atoms with Gasteiger partial charge in [-0.05, 0) is 36.1 Å². The van der Waals surface area contributed by atoms with E-state index >= 15 is 0 Å². The summed E-state index contributed by atoms with van der Waals surface area (Å²) in [6.07, 6.45) is 0. The molecule has 0 fully saturated rings. The maximum Gasteiger partial charge on any atom is 0.262 e. The molecule has 0 saturated carbocycles. The molecule has 4 heteroatoms. The van der Waals surface area contributed by atoms with Crippen LogP contribution in [0.2, 0.25) is 0 Å². The molecule has 1 heterocycles. The summed E-state index contributed by atoms with van der Waals surface area (Å²) < 4.78 is 5.32. The quantitative estimate of drug-likeness (QED) is 0.837. The second kappa shape index (κ2) is 4.75. The lowest BCUT2D eigenvalue weighted by Crippen LogP contribution is -2.26. The van der Waals surface area contributed by atoms with E-state index in [9.17, 15) is 4.79 Å². The molecule has 0 spiro atoms. The van der Waals surface area contributed by atoms with Gasteiger partial charge in [0.1, 0.15) is 5.75 Å². The zero-order chi connectivity index (χ0) is 12.4. The van der Waals surface area contributed by atoms with Crippen molar-refractivity contribution in [3.63, 3.8) is 0 Å². The van der Waals surface area contributed by atoms with E-state index in [0.717, 1.165) is 17.0 Å². The third-order valence-electron chi connectivity index (χ3n) is 3.12. The maximum atomic E-state index is 11.2. The number of nitrogens with one attached hydrogen (secondary N) is 1. The molecule has 2 rings (SSSR count). The van der Waals surface area contributed by atoms with E-state index in [1.54, 1.807) is 0 Å². The van der Waals surface area contributed by atoms with Crippen LogP contribution in [-0.2, 0) is 4.79 Å². The molecule has 0 saturated heterocycles. The highest BCUT2D eigenvalue weighted by Gasteiger charge is 2.19. The number of ether oxygens (including phenoxy) is 1. The molecule has 4 nitrogen and oxygen atoms in total. The van der Waals surface area contributed by atoms with Crippen molar-refractivity contribution in [2.45, 2.75) is 19.8 Å². The van der Waals surface area contributed by atoms with Gasteiger partial charge in [-0.15, -0.1) is 0 Å². The summed E-state index contributed by atoms with van der Waals surface area (Å²) in [5.41, 5.74) is 7.68. The number of carbonyl (C=O) groups excluding carboxylic acids is 1. The highest BCUT2D eigenvalue weighted by Crippen LogP contribution is 2.33. The summed E-state index contributed by atoms with van der Waals surface area (Å²) >= 11 is 0.